The predicted octanol–water partition coefficient (Wildman–Crippen LogP) is 6.17. The Morgan fingerprint density at radius 3 is 2.53 bits per heavy atom. The third kappa shape index (κ3) is 5.73. The Hall–Kier alpha value is -2.74. The normalized spacial score (nSPS) is 13.6. The fourth-order valence-electron chi connectivity index (χ4n) is 3.97. The van der Waals surface area contributed by atoms with Crippen LogP contribution in [-0.2, 0) is 13.2 Å². The molecule has 1 aliphatic rings. The van der Waals surface area contributed by atoms with Crippen LogP contribution in [0.2, 0.25) is 0 Å². The minimum absolute atomic E-state index is 0.268. The Balaban J connectivity index is 1.58. The molecule has 0 aromatic heterocycles. The molecule has 0 amide bonds. The zero-order valence-corrected chi connectivity index (χ0v) is 20.0. The topological polar surface area (TPSA) is 61.8 Å². The summed E-state index contributed by atoms with van der Waals surface area (Å²) in [6.07, 6.45) is 3.71. The number of carboxylic acids is 1. The third-order valence-corrected chi connectivity index (χ3v) is 6.35. The van der Waals surface area contributed by atoms with Gasteiger partial charge < -0.3 is 20.1 Å². The number of nitrogens with one attached hydrogen (secondary N) is 1. The second kappa shape index (κ2) is 10.7. The van der Waals surface area contributed by atoms with Crippen molar-refractivity contribution >= 4 is 39.9 Å². The van der Waals surface area contributed by atoms with Gasteiger partial charge >= 0.3 is 5.97 Å². The number of carboxylic acid groups (broad SMARTS) is 1. The molecule has 0 unspecified atom stereocenters. The highest BCUT2D eigenvalue weighted by Gasteiger charge is 2.15. The second-order valence-electron chi connectivity index (χ2n) is 7.96. The van der Waals surface area contributed by atoms with Crippen LogP contribution in [0.3, 0.4) is 0 Å². The summed E-state index contributed by atoms with van der Waals surface area (Å²) in [7, 11) is 0. The van der Waals surface area contributed by atoms with Crippen molar-refractivity contribution in [2.24, 2.45) is 0 Å². The molecule has 0 atom stereocenters. The van der Waals surface area contributed by atoms with Crippen molar-refractivity contribution < 1.29 is 14.6 Å². The molecule has 3 aromatic carbocycles. The summed E-state index contributed by atoms with van der Waals surface area (Å²) in [5.74, 6) is -0.129. The lowest BCUT2D eigenvalue weighted by Gasteiger charge is -2.29. The van der Waals surface area contributed by atoms with Gasteiger partial charge in [0.1, 0.15) is 12.4 Å². The van der Waals surface area contributed by atoms with Gasteiger partial charge in [0.15, 0.2) is 0 Å². The maximum atomic E-state index is 11.7. The summed E-state index contributed by atoms with van der Waals surface area (Å²) < 4.78 is 7.16. The number of hydrogen-bond acceptors (Lipinski definition) is 4. The van der Waals surface area contributed by atoms with Crippen LogP contribution in [0.5, 0.6) is 5.75 Å². The van der Waals surface area contributed by atoms with Gasteiger partial charge in [0.2, 0.25) is 0 Å². The first-order valence-electron chi connectivity index (χ1n) is 10.9. The number of ether oxygens (including phenoxy) is 1. The van der Waals surface area contributed by atoms with E-state index in [2.05, 4.69) is 44.9 Å². The highest BCUT2D eigenvalue weighted by Crippen LogP contribution is 2.29. The molecule has 0 bridgehead atoms. The molecule has 0 spiro atoms. The number of piperidine rings is 1. The van der Waals surface area contributed by atoms with Crippen molar-refractivity contribution in [3.63, 3.8) is 0 Å². The molecule has 1 fully saturated rings. The van der Waals surface area contributed by atoms with Gasteiger partial charge in [-0.05, 0) is 83.8 Å². The Kier molecular flexibility index (Phi) is 7.52. The smallest absolute Gasteiger partial charge is 0.337 e. The van der Waals surface area contributed by atoms with E-state index in [0.29, 0.717) is 18.8 Å². The van der Waals surface area contributed by atoms with Crippen LogP contribution in [0.15, 0.2) is 66.7 Å². The van der Waals surface area contributed by atoms with E-state index in [9.17, 15) is 9.90 Å². The molecule has 4 rings (SSSR count). The fourth-order valence-corrected chi connectivity index (χ4v) is 4.46. The number of aromatic carboxylic acids is 1. The first-order valence-corrected chi connectivity index (χ1v) is 12.0. The minimum Gasteiger partial charge on any atom is -0.489 e. The van der Waals surface area contributed by atoms with Crippen LogP contribution in [0.4, 0.5) is 11.4 Å². The molecule has 0 aliphatic carbocycles. The molecule has 0 radical (unpaired) electrons. The SMILES string of the molecule is O=C(O)c1ccc(I)cc1NCc1cc(N2CCCCC2)ccc1OCc1ccccc1. The zero-order chi connectivity index (χ0) is 22.3. The number of anilines is 2. The van der Waals surface area contributed by atoms with Gasteiger partial charge in [0.25, 0.3) is 0 Å². The summed E-state index contributed by atoms with van der Waals surface area (Å²) >= 11 is 2.20. The number of nitrogens with zero attached hydrogens (tertiary/aromatic N) is 1. The maximum absolute atomic E-state index is 11.7. The molecule has 2 N–H and O–H groups in total. The van der Waals surface area contributed by atoms with Crippen LogP contribution in [0, 0.1) is 3.57 Å². The summed E-state index contributed by atoms with van der Waals surface area (Å²) in [5, 5.41) is 12.9. The van der Waals surface area contributed by atoms with Crippen molar-refractivity contribution in [3.05, 3.63) is 87.0 Å². The van der Waals surface area contributed by atoms with Crippen LogP contribution in [0.25, 0.3) is 0 Å². The van der Waals surface area contributed by atoms with Crippen LogP contribution >= 0.6 is 22.6 Å². The largest absolute Gasteiger partial charge is 0.489 e. The van der Waals surface area contributed by atoms with Crippen LogP contribution in [-0.4, -0.2) is 24.2 Å². The molecule has 32 heavy (non-hydrogen) atoms. The first kappa shape index (κ1) is 22.5. The fraction of sp³-hybridized carbons (Fsp3) is 0.269. The molecule has 166 valence electrons. The monoisotopic (exact) mass is 542 g/mol. The average Bonchev–Trinajstić information content (AvgIpc) is 2.82. The number of rotatable bonds is 8. The lowest BCUT2D eigenvalue weighted by molar-refractivity contribution is 0.0698. The lowest BCUT2D eigenvalue weighted by Crippen LogP contribution is -2.29. The zero-order valence-electron chi connectivity index (χ0n) is 17.9. The van der Waals surface area contributed by atoms with Gasteiger partial charge in [0.05, 0.1) is 11.3 Å². The molecular weight excluding hydrogens is 515 g/mol. The van der Waals surface area contributed by atoms with E-state index in [-0.39, 0.29) is 5.56 Å². The van der Waals surface area contributed by atoms with Gasteiger partial charge in [-0.1, -0.05) is 30.3 Å². The number of carbonyl (C=O) groups is 1. The van der Waals surface area contributed by atoms with Gasteiger partial charge in [-0.3, -0.25) is 0 Å². The van der Waals surface area contributed by atoms with Gasteiger partial charge in [-0.25, -0.2) is 4.79 Å². The third-order valence-electron chi connectivity index (χ3n) is 5.68. The Bertz CT molecular complexity index is 1070. The number of benzene rings is 3. The van der Waals surface area contributed by atoms with E-state index in [4.69, 9.17) is 4.74 Å². The van der Waals surface area contributed by atoms with Crippen LogP contribution in [0.1, 0.15) is 40.7 Å². The predicted molar refractivity (Wildman–Crippen MR) is 137 cm³/mol. The highest BCUT2D eigenvalue weighted by atomic mass is 127. The number of hydrogen-bond donors (Lipinski definition) is 2. The quantitative estimate of drug-likeness (QED) is 0.334. The maximum Gasteiger partial charge on any atom is 0.337 e. The van der Waals surface area contributed by atoms with Gasteiger partial charge in [-0.15, -0.1) is 0 Å². The molecule has 6 heteroatoms. The van der Waals surface area contributed by atoms with Crippen molar-refractivity contribution in [2.45, 2.75) is 32.4 Å². The lowest BCUT2D eigenvalue weighted by atomic mass is 10.1. The molecule has 1 aliphatic heterocycles. The van der Waals surface area contributed by atoms with E-state index in [1.165, 1.54) is 24.9 Å². The second-order valence-corrected chi connectivity index (χ2v) is 9.21. The van der Waals surface area contributed by atoms with E-state index in [1.54, 1.807) is 12.1 Å². The highest BCUT2D eigenvalue weighted by molar-refractivity contribution is 14.1. The molecule has 1 saturated heterocycles. The average molecular weight is 542 g/mol. The Labute approximate surface area is 202 Å². The van der Waals surface area contributed by atoms with E-state index in [0.717, 1.165) is 33.5 Å². The molecular formula is C26H27IN2O3. The van der Waals surface area contributed by atoms with Gasteiger partial charge in [0, 0.05) is 34.5 Å². The van der Waals surface area contributed by atoms with Crippen LogP contribution < -0.4 is 15.0 Å². The summed E-state index contributed by atoms with van der Waals surface area (Å²) in [6.45, 7) is 3.10. The summed E-state index contributed by atoms with van der Waals surface area (Å²) in [4.78, 5) is 14.1. The Morgan fingerprint density at radius 1 is 1.00 bits per heavy atom. The van der Waals surface area contributed by atoms with Crippen molar-refractivity contribution in [1.29, 1.82) is 0 Å². The number of halogens is 1. The van der Waals surface area contributed by atoms with Gasteiger partial charge in [-0.2, -0.15) is 0 Å². The first-order chi connectivity index (χ1) is 15.6. The minimum atomic E-state index is -0.938. The summed E-state index contributed by atoms with van der Waals surface area (Å²) in [6, 6.07) is 21.7. The molecule has 5 nitrogen and oxygen atoms in total. The van der Waals surface area contributed by atoms with Crippen molar-refractivity contribution in [1.82, 2.24) is 0 Å². The van der Waals surface area contributed by atoms with Crippen molar-refractivity contribution in [2.75, 3.05) is 23.3 Å². The van der Waals surface area contributed by atoms with E-state index < -0.39 is 5.97 Å². The molecule has 0 saturated carbocycles. The van der Waals surface area contributed by atoms with Crippen molar-refractivity contribution in [3.8, 4) is 5.75 Å². The van der Waals surface area contributed by atoms with E-state index in [1.807, 2.05) is 42.5 Å². The summed E-state index contributed by atoms with van der Waals surface area (Å²) in [5.41, 5.74) is 4.19. The Morgan fingerprint density at radius 2 is 1.78 bits per heavy atom. The van der Waals surface area contributed by atoms with E-state index >= 15 is 0 Å². The molecule has 1 heterocycles. The molecule has 3 aromatic rings. The standard InChI is InChI=1S/C26H27IN2O3/c27-21-9-11-23(26(30)31)24(16-21)28-17-20-15-22(29-13-5-2-6-14-29)10-12-25(20)32-18-19-7-3-1-4-8-19/h1,3-4,7-12,15-16,28H,2,5-6,13-14,17-18H2,(H,30,31).